The highest BCUT2D eigenvalue weighted by molar-refractivity contribution is 7.91. The Kier molecular flexibility index (Phi) is 5.78. The first kappa shape index (κ1) is 15.9. The van der Waals surface area contributed by atoms with Crippen molar-refractivity contribution in [3.63, 3.8) is 0 Å². The monoisotopic (exact) mass is 291 g/mol. The Bertz CT molecular complexity index is 431. The lowest BCUT2D eigenvalue weighted by Crippen LogP contribution is -2.44. The highest BCUT2D eigenvalue weighted by atomic mass is 32.2. The molecule has 0 aromatic heterocycles. The molecule has 1 atom stereocenters. The van der Waals surface area contributed by atoms with Crippen LogP contribution in [0.2, 0.25) is 0 Å². The van der Waals surface area contributed by atoms with Gasteiger partial charge < -0.3 is 9.64 Å². The maximum absolute atomic E-state index is 12.1. The molecule has 0 saturated carbocycles. The van der Waals surface area contributed by atoms with Gasteiger partial charge in [0.15, 0.2) is 9.84 Å². The first-order valence-electron chi connectivity index (χ1n) is 6.46. The van der Waals surface area contributed by atoms with Crippen molar-refractivity contribution < 1.29 is 22.7 Å². The molecule has 1 saturated heterocycles. The summed E-state index contributed by atoms with van der Waals surface area (Å²) < 4.78 is 27.5. The van der Waals surface area contributed by atoms with Gasteiger partial charge in [-0.05, 0) is 12.8 Å². The van der Waals surface area contributed by atoms with Crippen molar-refractivity contribution in [2.75, 3.05) is 25.2 Å². The van der Waals surface area contributed by atoms with Crippen molar-refractivity contribution in [2.24, 2.45) is 0 Å². The molecule has 0 unspecified atom stereocenters. The first-order chi connectivity index (χ1) is 8.89. The van der Waals surface area contributed by atoms with Crippen LogP contribution in [0.5, 0.6) is 0 Å². The standard InChI is InChI=1S/C12H21NO5S/c1-3-4-5-11(14)13(8-12(15)18-2)10-6-7-19(16,17)9-10/h10H,3-9H2,1-2H3/t10-/m0/s1. The van der Waals surface area contributed by atoms with Gasteiger partial charge in [0.1, 0.15) is 6.54 Å². The van der Waals surface area contributed by atoms with E-state index in [1.165, 1.54) is 12.0 Å². The van der Waals surface area contributed by atoms with E-state index in [0.29, 0.717) is 12.8 Å². The maximum atomic E-state index is 12.1. The van der Waals surface area contributed by atoms with E-state index in [1.807, 2.05) is 6.92 Å². The number of ether oxygens (including phenoxy) is 1. The topological polar surface area (TPSA) is 80.8 Å². The van der Waals surface area contributed by atoms with Gasteiger partial charge in [-0.15, -0.1) is 0 Å². The molecule has 7 heteroatoms. The van der Waals surface area contributed by atoms with Crippen molar-refractivity contribution in [3.8, 4) is 0 Å². The first-order valence-corrected chi connectivity index (χ1v) is 8.28. The number of hydrogen-bond acceptors (Lipinski definition) is 5. The molecule has 1 aliphatic rings. The minimum Gasteiger partial charge on any atom is -0.468 e. The predicted molar refractivity (Wildman–Crippen MR) is 70.3 cm³/mol. The van der Waals surface area contributed by atoms with Crippen LogP contribution in [0, 0.1) is 0 Å². The van der Waals surface area contributed by atoms with Crippen molar-refractivity contribution in [2.45, 2.75) is 38.6 Å². The molecule has 0 spiro atoms. The zero-order valence-corrected chi connectivity index (χ0v) is 12.2. The molecular formula is C12H21NO5S. The van der Waals surface area contributed by atoms with Crippen LogP contribution in [0.1, 0.15) is 32.6 Å². The fraction of sp³-hybridized carbons (Fsp3) is 0.833. The number of methoxy groups -OCH3 is 1. The smallest absolute Gasteiger partial charge is 0.325 e. The molecule has 19 heavy (non-hydrogen) atoms. The van der Waals surface area contributed by atoms with E-state index >= 15 is 0 Å². The van der Waals surface area contributed by atoms with Crippen LogP contribution >= 0.6 is 0 Å². The van der Waals surface area contributed by atoms with E-state index in [9.17, 15) is 18.0 Å². The Morgan fingerprint density at radius 3 is 2.53 bits per heavy atom. The molecule has 0 aliphatic carbocycles. The van der Waals surface area contributed by atoms with Crippen LogP contribution in [-0.2, 0) is 24.2 Å². The normalized spacial score (nSPS) is 21.1. The molecule has 0 bridgehead atoms. The second-order valence-electron chi connectivity index (χ2n) is 4.76. The zero-order chi connectivity index (χ0) is 14.5. The number of esters is 1. The van der Waals surface area contributed by atoms with Crippen molar-refractivity contribution in [1.29, 1.82) is 0 Å². The van der Waals surface area contributed by atoms with Gasteiger partial charge in [-0.3, -0.25) is 9.59 Å². The Morgan fingerprint density at radius 2 is 2.05 bits per heavy atom. The SMILES string of the molecule is CCCCC(=O)N(CC(=O)OC)[C@H]1CCS(=O)(=O)C1. The number of unbranched alkanes of at least 4 members (excludes halogenated alkanes) is 1. The summed E-state index contributed by atoms with van der Waals surface area (Å²) in [6, 6.07) is -0.395. The van der Waals surface area contributed by atoms with Gasteiger partial charge in [0.2, 0.25) is 5.91 Å². The fourth-order valence-corrected chi connectivity index (χ4v) is 3.85. The van der Waals surface area contributed by atoms with E-state index in [2.05, 4.69) is 4.74 Å². The molecule has 1 heterocycles. The lowest BCUT2D eigenvalue weighted by atomic mass is 10.1. The number of carbonyl (C=O) groups is 2. The molecular weight excluding hydrogens is 270 g/mol. The molecule has 1 amide bonds. The van der Waals surface area contributed by atoms with Gasteiger partial charge in [0.05, 0.1) is 18.6 Å². The minimum atomic E-state index is -3.08. The van der Waals surface area contributed by atoms with Crippen LogP contribution in [0.25, 0.3) is 0 Å². The van der Waals surface area contributed by atoms with Crippen LogP contribution in [0.3, 0.4) is 0 Å². The second kappa shape index (κ2) is 6.88. The summed E-state index contributed by atoms with van der Waals surface area (Å²) in [5.74, 6) is -0.665. The minimum absolute atomic E-state index is 0.0537. The number of sulfone groups is 1. The highest BCUT2D eigenvalue weighted by Crippen LogP contribution is 2.19. The molecule has 1 aliphatic heterocycles. The Morgan fingerprint density at radius 1 is 1.37 bits per heavy atom. The molecule has 6 nitrogen and oxygen atoms in total. The van der Waals surface area contributed by atoms with Crippen LogP contribution in [0.4, 0.5) is 0 Å². The van der Waals surface area contributed by atoms with Gasteiger partial charge >= 0.3 is 5.97 Å². The zero-order valence-electron chi connectivity index (χ0n) is 11.4. The summed E-state index contributed by atoms with van der Waals surface area (Å²) in [6.45, 7) is 1.80. The lowest BCUT2D eigenvalue weighted by Gasteiger charge is -2.27. The van der Waals surface area contributed by atoms with Gasteiger partial charge in [-0.1, -0.05) is 13.3 Å². The summed E-state index contributed by atoms with van der Waals surface area (Å²) in [5, 5.41) is 0. The fourth-order valence-electron chi connectivity index (χ4n) is 2.12. The maximum Gasteiger partial charge on any atom is 0.325 e. The van der Waals surface area contributed by atoms with Crippen LogP contribution in [-0.4, -0.2) is 56.4 Å². The second-order valence-corrected chi connectivity index (χ2v) is 6.99. The van der Waals surface area contributed by atoms with Crippen molar-refractivity contribution in [1.82, 2.24) is 4.90 Å². The van der Waals surface area contributed by atoms with Crippen molar-refractivity contribution in [3.05, 3.63) is 0 Å². The summed E-state index contributed by atoms with van der Waals surface area (Å²) in [4.78, 5) is 24.8. The average molecular weight is 291 g/mol. The molecule has 0 N–H and O–H groups in total. The molecule has 0 aromatic carbocycles. The van der Waals surface area contributed by atoms with E-state index in [1.54, 1.807) is 0 Å². The Labute approximate surface area is 114 Å². The van der Waals surface area contributed by atoms with Crippen LogP contribution in [0.15, 0.2) is 0 Å². The van der Waals surface area contributed by atoms with Gasteiger partial charge in [0.25, 0.3) is 0 Å². The van der Waals surface area contributed by atoms with Crippen molar-refractivity contribution >= 4 is 21.7 Å². The molecule has 0 radical (unpaired) electrons. The summed E-state index contributed by atoms with van der Waals surface area (Å²) in [7, 11) is -1.83. The number of nitrogens with zero attached hydrogens (tertiary/aromatic N) is 1. The van der Waals surface area contributed by atoms with E-state index in [-0.39, 0.29) is 24.0 Å². The van der Waals surface area contributed by atoms with Gasteiger partial charge in [-0.2, -0.15) is 0 Å². The number of hydrogen-bond donors (Lipinski definition) is 0. The average Bonchev–Trinajstić information content (AvgIpc) is 2.72. The quantitative estimate of drug-likeness (QED) is 0.660. The van der Waals surface area contributed by atoms with E-state index < -0.39 is 21.8 Å². The van der Waals surface area contributed by atoms with Crippen LogP contribution < -0.4 is 0 Å². The lowest BCUT2D eigenvalue weighted by molar-refractivity contribution is -0.148. The summed E-state index contributed by atoms with van der Waals surface area (Å²) in [5.41, 5.74) is 0. The third-order valence-corrected chi connectivity index (χ3v) is 4.99. The third-order valence-electron chi connectivity index (χ3n) is 3.24. The Hall–Kier alpha value is -1.11. The molecule has 0 aromatic rings. The summed E-state index contributed by atoms with van der Waals surface area (Å²) >= 11 is 0. The molecule has 1 rings (SSSR count). The Balaban J connectivity index is 2.74. The van der Waals surface area contributed by atoms with Gasteiger partial charge in [-0.25, -0.2) is 8.42 Å². The predicted octanol–water partition coefficient (Wildman–Crippen LogP) is 0.365. The molecule has 110 valence electrons. The third kappa shape index (κ3) is 4.81. The number of rotatable bonds is 6. The highest BCUT2D eigenvalue weighted by Gasteiger charge is 2.35. The number of amides is 1. The van der Waals surface area contributed by atoms with E-state index in [4.69, 9.17) is 0 Å². The van der Waals surface area contributed by atoms with Gasteiger partial charge in [0, 0.05) is 12.5 Å². The number of carbonyl (C=O) groups excluding carboxylic acids is 2. The summed E-state index contributed by atoms with van der Waals surface area (Å²) in [6.07, 6.45) is 2.35. The largest absolute Gasteiger partial charge is 0.468 e. The van der Waals surface area contributed by atoms with E-state index in [0.717, 1.165) is 12.8 Å². The molecule has 1 fully saturated rings.